The molecular weight excluding hydrogens is 594 g/mol. The molecule has 0 saturated carbocycles. The van der Waals surface area contributed by atoms with E-state index in [1.807, 2.05) is 0 Å². The summed E-state index contributed by atoms with van der Waals surface area (Å²) in [4.78, 5) is 65.6. The van der Waals surface area contributed by atoms with Crippen LogP contribution in [-0.2, 0) is 20.8 Å². The average Bonchev–Trinajstić information content (AvgIpc) is 2.96. The summed E-state index contributed by atoms with van der Waals surface area (Å²) in [6.07, 6.45) is -0.617. The molecule has 0 unspecified atom stereocenters. The third-order valence-electron chi connectivity index (χ3n) is 7.20. The number of phenols is 2. The summed E-state index contributed by atoms with van der Waals surface area (Å²) in [6.45, 7) is 0.515. The molecule has 0 radical (unpaired) electrons. The van der Waals surface area contributed by atoms with Crippen molar-refractivity contribution in [3.05, 3.63) is 51.8 Å². The van der Waals surface area contributed by atoms with E-state index in [4.69, 9.17) is 16.3 Å². The molecule has 4 amide bonds. The van der Waals surface area contributed by atoms with Crippen LogP contribution in [0.1, 0.15) is 33.9 Å². The first kappa shape index (κ1) is 31.5. The lowest BCUT2D eigenvalue weighted by Gasteiger charge is -2.33. The lowest BCUT2D eigenvalue weighted by atomic mass is 9.64. The molecule has 1 saturated heterocycles. The molecule has 17 heteroatoms. The standard InChI is InChI=1S/C26H27BClFN4O10/c1-30-6-7-32-8-9-33(24(38)23(32)37)26(41)31-20(14-3-5-16(34)21(36)19(14)28)17(35)11-13-10-12-2-4-15(29)18(25(39)40)22(12)43-27(13)42/h2-5,13,20,30,34,36,42H,6-11H2,1H3,(H,31,41)(H,39,40)/t13-,20-/m1/s1. The summed E-state index contributed by atoms with van der Waals surface area (Å²) in [5.74, 6) is -8.30. The van der Waals surface area contributed by atoms with Crippen LogP contribution in [0.25, 0.3) is 0 Å². The predicted molar refractivity (Wildman–Crippen MR) is 147 cm³/mol. The number of carbonyl (C=O) groups is 5. The number of hydrogen-bond acceptors (Lipinski definition) is 10. The number of aromatic carboxylic acids is 1. The number of Topliss-reactive ketones (excluding diaryl/α,β-unsaturated/α-hetero) is 1. The van der Waals surface area contributed by atoms with Crippen LogP contribution in [0.5, 0.6) is 17.2 Å². The number of imide groups is 1. The number of amides is 4. The number of benzene rings is 2. The summed E-state index contributed by atoms with van der Waals surface area (Å²) in [5.41, 5.74) is -0.727. The van der Waals surface area contributed by atoms with Crippen molar-refractivity contribution in [1.82, 2.24) is 20.4 Å². The fourth-order valence-corrected chi connectivity index (χ4v) is 5.17. The molecule has 2 aromatic rings. The first-order valence-corrected chi connectivity index (χ1v) is 13.4. The number of carbonyl (C=O) groups excluding carboxylic acids is 4. The number of nitrogens with zero attached hydrogens (tertiary/aromatic N) is 2. The summed E-state index contributed by atoms with van der Waals surface area (Å²) in [6, 6.07) is 1.60. The van der Waals surface area contributed by atoms with Gasteiger partial charge in [-0.3, -0.25) is 19.3 Å². The SMILES string of the molecule is CNCCN1CCN(C(=O)N[C@@H](C(=O)C[C@H]2Cc3ccc(F)c(C(=O)O)c3OB2O)c2ccc(O)c(O)c2Cl)C(=O)C1=O. The smallest absolute Gasteiger partial charge is 0.526 e. The maximum atomic E-state index is 14.1. The predicted octanol–water partition coefficient (Wildman–Crippen LogP) is 0.674. The molecule has 14 nitrogen and oxygen atoms in total. The molecule has 6 N–H and O–H groups in total. The van der Waals surface area contributed by atoms with Crippen molar-refractivity contribution in [2.24, 2.45) is 0 Å². The molecule has 0 bridgehead atoms. The van der Waals surface area contributed by atoms with E-state index < -0.39 is 82.9 Å². The number of likely N-dealkylation sites (N-methyl/N-ethyl adjacent to an activating group) is 1. The first-order valence-electron chi connectivity index (χ1n) is 13.0. The van der Waals surface area contributed by atoms with Crippen molar-refractivity contribution in [1.29, 1.82) is 0 Å². The number of ketones is 1. The molecule has 2 aliphatic rings. The number of hydrogen-bond donors (Lipinski definition) is 6. The number of carboxylic acids is 1. The molecule has 2 aromatic carbocycles. The normalized spacial score (nSPS) is 17.3. The molecule has 4 rings (SSSR count). The van der Waals surface area contributed by atoms with Crippen molar-refractivity contribution < 1.29 is 53.4 Å². The largest absolute Gasteiger partial charge is 0.535 e. The second-order valence-electron chi connectivity index (χ2n) is 9.93. The molecule has 43 heavy (non-hydrogen) atoms. The Balaban J connectivity index is 1.59. The minimum atomic E-state index is -1.75. The number of carboxylic acid groups (broad SMARTS) is 1. The van der Waals surface area contributed by atoms with E-state index in [0.29, 0.717) is 11.4 Å². The third-order valence-corrected chi connectivity index (χ3v) is 7.60. The van der Waals surface area contributed by atoms with Gasteiger partial charge in [-0.1, -0.05) is 23.7 Å². The van der Waals surface area contributed by atoms with Gasteiger partial charge in [0.2, 0.25) is 0 Å². The lowest BCUT2D eigenvalue weighted by molar-refractivity contribution is -0.153. The van der Waals surface area contributed by atoms with Gasteiger partial charge in [-0.25, -0.2) is 14.0 Å². The summed E-state index contributed by atoms with van der Waals surface area (Å²) >= 11 is 6.20. The van der Waals surface area contributed by atoms with Crippen LogP contribution in [-0.4, -0.2) is 100 Å². The van der Waals surface area contributed by atoms with E-state index in [-0.39, 0.29) is 42.9 Å². The van der Waals surface area contributed by atoms with Crippen molar-refractivity contribution >= 4 is 48.3 Å². The van der Waals surface area contributed by atoms with Gasteiger partial charge in [0.05, 0.1) is 5.02 Å². The van der Waals surface area contributed by atoms with E-state index in [1.165, 1.54) is 11.0 Å². The average molecular weight is 621 g/mol. The zero-order chi connectivity index (χ0) is 31.6. The van der Waals surface area contributed by atoms with Gasteiger partial charge in [-0.15, -0.1) is 0 Å². The zero-order valence-corrected chi connectivity index (χ0v) is 23.4. The second kappa shape index (κ2) is 12.8. The molecule has 228 valence electrons. The van der Waals surface area contributed by atoms with Crippen LogP contribution in [0.2, 0.25) is 10.8 Å². The van der Waals surface area contributed by atoms with E-state index in [9.17, 15) is 48.7 Å². The molecule has 0 aliphatic carbocycles. The van der Waals surface area contributed by atoms with Crippen molar-refractivity contribution in [3.8, 4) is 17.2 Å². The third kappa shape index (κ3) is 6.35. The molecule has 2 atom stereocenters. The number of piperazine rings is 1. The molecule has 0 aromatic heterocycles. The van der Waals surface area contributed by atoms with Gasteiger partial charge in [0.15, 0.2) is 17.3 Å². The summed E-state index contributed by atoms with van der Waals surface area (Å²) in [5, 5.41) is 44.7. The zero-order valence-electron chi connectivity index (χ0n) is 22.7. The Morgan fingerprint density at radius 3 is 2.56 bits per heavy atom. The van der Waals surface area contributed by atoms with E-state index in [1.54, 1.807) is 7.05 Å². The van der Waals surface area contributed by atoms with Gasteiger partial charge in [0.1, 0.15) is 23.2 Å². The summed E-state index contributed by atoms with van der Waals surface area (Å²) < 4.78 is 19.4. The lowest BCUT2D eigenvalue weighted by Crippen LogP contribution is -2.59. The quantitative estimate of drug-likeness (QED) is 0.131. The van der Waals surface area contributed by atoms with Gasteiger partial charge >= 0.3 is 30.9 Å². The Kier molecular flexibility index (Phi) is 9.42. The number of halogens is 2. The Bertz CT molecular complexity index is 1490. The van der Waals surface area contributed by atoms with Gasteiger partial charge in [0.25, 0.3) is 0 Å². The van der Waals surface area contributed by atoms with Crippen molar-refractivity contribution in [2.75, 3.05) is 33.2 Å². The number of phenolic OH excluding ortho intramolecular Hbond substituents is 2. The van der Waals surface area contributed by atoms with E-state index in [0.717, 1.165) is 18.2 Å². The number of aromatic hydroxyl groups is 2. The van der Waals surface area contributed by atoms with Crippen molar-refractivity contribution in [3.63, 3.8) is 0 Å². The molecule has 2 aliphatic heterocycles. The van der Waals surface area contributed by atoms with Gasteiger partial charge in [-0.05, 0) is 31.2 Å². The van der Waals surface area contributed by atoms with Gasteiger partial charge in [-0.2, -0.15) is 0 Å². The fraction of sp³-hybridized carbons (Fsp3) is 0.346. The number of rotatable bonds is 9. The summed E-state index contributed by atoms with van der Waals surface area (Å²) in [7, 11) is -0.0785. The van der Waals surface area contributed by atoms with Gasteiger partial charge < -0.3 is 40.5 Å². The van der Waals surface area contributed by atoms with Crippen LogP contribution in [0.4, 0.5) is 9.18 Å². The molecular formula is C26H27BClFN4O10. The highest BCUT2D eigenvalue weighted by Gasteiger charge is 2.42. The minimum absolute atomic E-state index is 0.0446. The molecule has 2 heterocycles. The number of urea groups is 1. The van der Waals surface area contributed by atoms with Crippen LogP contribution in [0.3, 0.4) is 0 Å². The van der Waals surface area contributed by atoms with Crippen LogP contribution in [0, 0.1) is 5.82 Å². The number of nitrogens with one attached hydrogen (secondary N) is 2. The van der Waals surface area contributed by atoms with Crippen LogP contribution < -0.4 is 15.3 Å². The van der Waals surface area contributed by atoms with Gasteiger partial charge in [0, 0.05) is 44.0 Å². The maximum Gasteiger partial charge on any atom is 0.526 e. The Labute approximate surface area is 249 Å². The van der Waals surface area contributed by atoms with Crippen LogP contribution in [0.15, 0.2) is 24.3 Å². The molecule has 0 spiro atoms. The maximum absolute atomic E-state index is 14.1. The second-order valence-corrected chi connectivity index (χ2v) is 10.3. The Morgan fingerprint density at radius 2 is 1.88 bits per heavy atom. The van der Waals surface area contributed by atoms with Crippen LogP contribution >= 0.6 is 11.6 Å². The highest BCUT2D eigenvalue weighted by Crippen LogP contribution is 2.41. The van der Waals surface area contributed by atoms with E-state index in [2.05, 4.69) is 10.6 Å². The number of fused-ring (bicyclic) bond motifs is 1. The monoisotopic (exact) mass is 620 g/mol. The minimum Gasteiger partial charge on any atom is -0.535 e. The first-order chi connectivity index (χ1) is 20.3. The topological polar surface area (TPSA) is 206 Å². The highest BCUT2D eigenvalue weighted by atomic mass is 35.5. The molecule has 1 fully saturated rings. The Hall–Kier alpha value is -4.41. The highest BCUT2D eigenvalue weighted by molar-refractivity contribution is 6.47. The fourth-order valence-electron chi connectivity index (χ4n) is 4.90. The van der Waals surface area contributed by atoms with E-state index >= 15 is 0 Å². The van der Waals surface area contributed by atoms with Crippen molar-refractivity contribution in [2.45, 2.75) is 24.7 Å². The Morgan fingerprint density at radius 1 is 1.16 bits per heavy atom.